The highest BCUT2D eigenvalue weighted by Gasteiger charge is 2.33. The minimum absolute atomic E-state index is 0.0582. The molecule has 1 fully saturated rings. The molecule has 0 aromatic carbocycles. The van der Waals surface area contributed by atoms with Gasteiger partial charge < -0.3 is 15.7 Å². The van der Waals surface area contributed by atoms with Crippen molar-refractivity contribution in [2.24, 2.45) is 0 Å². The molecule has 3 N–H and O–H groups in total. The Morgan fingerprint density at radius 3 is 2.87 bits per heavy atom. The van der Waals surface area contributed by atoms with Gasteiger partial charge in [0.2, 0.25) is 5.91 Å². The Bertz CT molecular complexity index is 211. The monoisotopic (exact) mass is 214 g/mol. The van der Waals surface area contributed by atoms with Crippen molar-refractivity contribution >= 4 is 5.91 Å². The van der Waals surface area contributed by atoms with Crippen LogP contribution in [0.3, 0.4) is 0 Å². The van der Waals surface area contributed by atoms with Crippen molar-refractivity contribution in [3.05, 3.63) is 0 Å². The van der Waals surface area contributed by atoms with Crippen LogP contribution in [0.1, 0.15) is 39.5 Å². The van der Waals surface area contributed by atoms with Crippen LogP contribution in [0.2, 0.25) is 0 Å². The number of hydrogen-bond acceptors (Lipinski definition) is 3. The zero-order valence-corrected chi connectivity index (χ0v) is 9.68. The highest BCUT2D eigenvalue weighted by atomic mass is 16.3. The number of nitrogens with one attached hydrogen (secondary N) is 2. The number of piperidine rings is 1. The minimum Gasteiger partial charge on any atom is -0.393 e. The van der Waals surface area contributed by atoms with Gasteiger partial charge in [0, 0.05) is 6.54 Å². The highest BCUT2D eigenvalue weighted by molar-refractivity contribution is 5.85. The molecule has 0 bridgehead atoms. The molecule has 1 aliphatic rings. The Morgan fingerprint density at radius 2 is 2.33 bits per heavy atom. The van der Waals surface area contributed by atoms with E-state index < -0.39 is 5.54 Å². The van der Waals surface area contributed by atoms with E-state index in [1.54, 1.807) is 6.92 Å². The molecule has 1 rings (SSSR count). The number of aliphatic hydroxyl groups is 1. The van der Waals surface area contributed by atoms with Crippen LogP contribution in [0, 0.1) is 0 Å². The third-order valence-corrected chi connectivity index (χ3v) is 2.97. The molecule has 0 aromatic rings. The first-order valence-electron chi connectivity index (χ1n) is 5.76. The predicted octanol–water partition coefficient (Wildman–Crippen LogP) is 0.406. The predicted molar refractivity (Wildman–Crippen MR) is 59.6 cm³/mol. The first kappa shape index (κ1) is 12.5. The summed E-state index contributed by atoms with van der Waals surface area (Å²) in [4.78, 5) is 11.8. The summed E-state index contributed by atoms with van der Waals surface area (Å²) in [6.45, 7) is 5.14. The fourth-order valence-corrected chi connectivity index (χ4v) is 1.84. The number of amides is 1. The van der Waals surface area contributed by atoms with Crippen molar-refractivity contribution in [1.82, 2.24) is 10.6 Å². The van der Waals surface area contributed by atoms with Gasteiger partial charge in [-0.15, -0.1) is 0 Å². The van der Waals surface area contributed by atoms with Crippen molar-refractivity contribution in [2.45, 2.75) is 51.2 Å². The molecular weight excluding hydrogens is 192 g/mol. The fraction of sp³-hybridized carbons (Fsp3) is 0.909. The highest BCUT2D eigenvalue weighted by Crippen LogP contribution is 2.18. The summed E-state index contributed by atoms with van der Waals surface area (Å²) >= 11 is 0. The molecule has 4 heteroatoms. The molecular formula is C11H22N2O2. The topological polar surface area (TPSA) is 61.4 Å². The van der Waals surface area contributed by atoms with E-state index in [-0.39, 0.29) is 12.0 Å². The van der Waals surface area contributed by atoms with Crippen molar-refractivity contribution < 1.29 is 9.90 Å². The van der Waals surface area contributed by atoms with Crippen LogP contribution in [0.25, 0.3) is 0 Å². The molecule has 0 radical (unpaired) electrons. The molecule has 2 unspecified atom stereocenters. The Labute approximate surface area is 91.4 Å². The fourth-order valence-electron chi connectivity index (χ4n) is 1.84. The quantitative estimate of drug-likeness (QED) is 0.635. The molecule has 0 aromatic heterocycles. The summed E-state index contributed by atoms with van der Waals surface area (Å²) < 4.78 is 0. The van der Waals surface area contributed by atoms with Crippen LogP contribution in [-0.2, 0) is 4.79 Å². The van der Waals surface area contributed by atoms with Gasteiger partial charge in [0.1, 0.15) is 0 Å². The van der Waals surface area contributed by atoms with Gasteiger partial charge in [-0.05, 0) is 46.1 Å². The maximum atomic E-state index is 11.8. The second kappa shape index (κ2) is 5.47. The van der Waals surface area contributed by atoms with Crippen LogP contribution in [0.4, 0.5) is 0 Å². The number of hydrogen-bond donors (Lipinski definition) is 3. The lowest BCUT2D eigenvalue weighted by atomic mass is 9.90. The average Bonchev–Trinajstić information content (AvgIpc) is 2.18. The van der Waals surface area contributed by atoms with E-state index in [9.17, 15) is 4.79 Å². The molecule has 0 saturated carbocycles. The van der Waals surface area contributed by atoms with Gasteiger partial charge in [-0.2, -0.15) is 0 Å². The first-order chi connectivity index (χ1) is 7.04. The van der Waals surface area contributed by atoms with Crippen molar-refractivity contribution in [2.75, 3.05) is 13.1 Å². The van der Waals surface area contributed by atoms with Gasteiger partial charge in [-0.25, -0.2) is 0 Å². The van der Waals surface area contributed by atoms with Gasteiger partial charge in [0.05, 0.1) is 11.6 Å². The summed E-state index contributed by atoms with van der Waals surface area (Å²) in [6, 6.07) is 0. The standard InChI is InChI=1S/C11H22N2O2/c1-9(14)5-8-12-10(15)11(2)6-3-4-7-13-11/h9,13-14H,3-8H2,1-2H3,(H,12,15). The van der Waals surface area contributed by atoms with E-state index in [0.717, 1.165) is 25.8 Å². The summed E-state index contributed by atoms with van der Waals surface area (Å²) in [7, 11) is 0. The average molecular weight is 214 g/mol. The van der Waals surface area contributed by atoms with E-state index in [0.29, 0.717) is 13.0 Å². The maximum absolute atomic E-state index is 11.8. The second-order valence-corrected chi connectivity index (χ2v) is 4.61. The van der Waals surface area contributed by atoms with Crippen molar-refractivity contribution in [1.29, 1.82) is 0 Å². The van der Waals surface area contributed by atoms with Crippen LogP contribution < -0.4 is 10.6 Å². The zero-order chi connectivity index (χ0) is 11.3. The molecule has 1 heterocycles. The van der Waals surface area contributed by atoms with Crippen LogP contribution in [0.15, 0.2) is 0 Å². The Balaban J connectivity index is 2.31. The summed E-state index contributed by atoms with van der Waals surface area (Å²) in [6.07, 6.45) is 3.41. The van der Waals surface area contributed by atoms with Gasteiger partial charge in [0.15, 0.2) is 0 Å². The summed E-state index contributed by atoms with van der Waals surface area (Å²) in [5.41, 5.74) is -0.406. The van der Waals surface area contributed by atoms with Crippen molar-refractivity contribution in [3.63, 3.8) is 0 Å². The molecule has 2 atom stereocenters. The van der Waals surface area contributed by atoms with Gasteiger partial charge >= 0.3 is 0 Å². The van der Waals surface area contributed by atoms with Gasteiger partial charge in [-0.1, -0.05) is 0 Å². The zero-order valence-electron chi connectivity index (χ0n) is 9.68. The van der Waals surface area contributed by atoms with Crippen LogP contribution >= 0.6 is 0 Å². The normalized spacial score (nSPS) is 28.5. The molecule has 1 amide bonds. The SMILES string of the molecule is CC(O)CCNC(=O)C1(C)CCCCN1. The Kier molecular flexibility index (Phi) is 4.54. The largest absolute Gasteiger partial charge is 0.393 e. The van der Waals surface area contributed by atoms with E-state index in [1.807, 2.05) is 6.92 Å². The Hall–Kier alpha value is -0.610. The summed E-state index contributed by atoms with van der Waals surface area (Å²) in [5, 5.41) is 15.2. The van der Waals surface area contributed by atoms with Crippen LogP contribution in [-0.4, -0.2) is 35.7 Å². The molecule has 4 nitrogen and oxygen atoms in total. The first-order valence-corrected chi connectivity index (χ1v) is 5.76. The van der Waals surface area contributed by atoms with Gasteiger partial charge in [-0.3, -0.25) is 4.79 Å². The van der Waals surface area contributed by atoms with E-state index >= 15 is 0 Å². The maximum Gasteiger partial charge on any atom is 0.240 e. The second-order valence-electron chi connectivity index (χ2n) is 4.61. The molecule has 1 aliphatic heterocycles. The molecule has 0 spiro atoms. The molecule has 0 aliphatic carbocycles. The minimum atomic E-state index is -0.406. The van der Waals surface area contributed by atoms with E-state index in [2.05, 4.69) is 10.6 Å². The number of aliphatic hydroxyl groups excluding tert-OH is 1. The lowest BCUT2D eigenvalue weighted by Crippen LogP contribution is -2.57. The van der Waals surface area contributed by atoms with E-state index in [1.165, 1.54) is 0 Å². The third kappa shape index (κ3) is 3.80. The smallest absolute Gasteiger partial charge is 0.240 e. The number of carbonyl (C=O) groups is 1. The number of carbonyl (C=O) groups excluding carboxylic acids is 1. The van der Waals surface area contributed by atoms with E-state index in [4.69, 9.17) is 5.11 Å². The molecule has 88 valence electrons. The molecule has 15 heavy (non-hydrogen) atoms. The molecule has 1 saturated heterocycles. The lowest BCUT2D eigenvalue weighted by molar-refractivity contribution is -0.128. The third-order valence-electron chi connectivity index (χ3n) is 2.97. The number of rotatable bonds is 4. The lowest BCUT2D eigenvalue weighted by Gasteiger charge is -2.33. The van der Waals surface area contributed by atoms with Crippen molar-refractivity contribution in [3.8, 4) is 0 Å². The van der Waals surface area contributed by atoms with Gasteiger partial charge in [0.25, 0.3) is 0 Å². The van der Waals surface area contributed by atoms with Crippen LogP contribution in [0.5, 0.6) is 0 Å². The summed E-state index contributed by atoms with van der Waals surface area (Å²) in [5.74, 6) is 0.0582. The Morgan fingerprint density at radius 1 is 1.60 bits per heavy atom.